The Kier molecular flexibility index (Phi) is 5.34. The van der Waals surface area contributed by atoms with Gasteiger partial charge in [-0.2, -0.15) is 11.8 Å². The van der Waals surface area contributed by atoms with Gasteiger partial charge in [-0.25, -0.2) is 0 Å². The summed E-state index contributed by atoms with van der Waals surface area (Å²) in [6.45, 7) is 7.61. The van der Waals surface area contributed by atoms with Gasteiger partial charge in [0.25, 0.3) is 0 Å². The highest BCUT2D eigenvalue weighted by Crippen LogP contribution is 2.18. The second kappa shape index (κ2) is 7.01. The Morgan fingerprint density at radius 3 is 2.84 bits per heavy atom. The number of thioether (sulfide) groups is 1. The number of fused-ring (bicyclic) bond motifs is 1. The average Bonchev–Trinajstić information content (AvgIpc) is 2.78. The van der Waals surface area contributed by atoms with Gasteiger partial charge >= 0.3 is 0 Å². The van der Waals surface area contributed by atoms with Crippen LogP contribution >= 0.6 is 11.8 Å². The third-order valence-corrected chi connectivity index (χ3v) is 3.85. The molecular weight excluding hydrogens is 252 g/mol. The molecule has 0 aliphatic rings. The number of aryl methyl sites for hydroxylation is 1. The number of hydrogen-bond donors (Lipinski definition) is 1. The molecule has 104 valence electrons. The fourth-order valence-electron chi connectivity index (χ4n) is 2.23. The summed E-state index contributed by atoms with van der Waals surface area (Å²) in [5, 5.41) is 4.85. The fraction of sp³-hybridized carbons (Fsp3) is 0.500. The van der Waals surface area contributed by atoms with Crippen molar-refractivity contribution < 1.29 is 0 Å². The standard InChI is InChI=1S/C16H24N2S/c1-13(2)11-17-12-14-4-5-15-6-7-18(8-9-19-3)16(15)10-14/h4-7,10,13,17H,8-9,11-12H2,1-3H3. The lowest BCUT2D eigenvalue weighted by atomic mass is 10.1. The van der Waals surface area contributed by atoms with E-state index in [4.69, 9.17) is 0 Å². The van der Waals surface area contributed by atoms with Gasteiger partial charge in [0.05, 0.1) is 0 Å². The summed E-state index contributed by atoms with van der Waals surface area (Å²) in [6, 6.07) is 9.00. The molecule has 1 heterocycles. The van der Waals surface area contributed by atoms with Gasteiger partial charge in [0, 0.05) is 30.6 Å². The van der Waals surface area contributed by atoms with Crippen LogP contribution in [0.4, 0.5) is 0 Å². The van der Waals surface area contributed by atoms with Crippen molar-refractivity contribution in [3.05, 3.63) is 36.0 Å². The first kappa shape index (κ1) is 14.5. The molecule has 0 saturated heterocycles. The van der Waals surface area contributed by atoms with E-state index in [0.29, 0.717) is 5.92 Å². The lowest BCUT2D eigenvalue weighted by molar-refractivity contribution is 0.552. The van der Waals surface area contributed by atoms with Crippen LogP contribution in [-0.2, 0) is 13.1 Å². The summed E-state index contributed by atoms with van der Waals surface area (Å²) in [4.78, 5) is 0. The minimum Gasteiger partial charge on any atom is -0.347 e. The largest absolute Gasteiger partial charge is 0.347 e. The Balaban J connectivity index is 2.09. The molecule has 0 amide bonds. The van der Waals surface area contributed by atoms with Crippen LogP contribution in [0.15, 0.2) is 30.5 Å². The maximum atomic E-state index is 3.51. The van der Waals surface area contributed by atoms with Gasteiger partial charge in [-0.1, -0.05) is 26.0 Å². The fourth-order valence-corrected chi connectivity index (χ4v) is 2.61. The van der Waals surface area contributed by atoms with E-state index in [1.165, 1.54) is 22.2 Å². The highest BCUT2D eigenvalue weighted by Gasteiger charge is 2.02. The molecule has 2 nitrogen and oxygen atoms in total. The predicted molar refractivity (Wildman–Crippen MR) is 86.9 cm³/mol. The van der Waals surface area contributed by atoms with Crippen LogP contribution in [0.1, 0.15) is 19.4 Å². The topological polar surface area (TPSA) is 17.0 Å². The third-order valence-electron chi connectivity index (χ3n) is 3.26. The molecule has 0 atom stereocenters. The van der Waals surface area contributed by atoms with Crippen LogP contribution in [0, 0.1) is 5.92 Å². The van der Waals surface area contributed by atoms with Crippen LogP contribution in [-0.4, -0.2) is 23.1 Å². The van der Waals surface area contributed by atoms with Crippen LogP contribution < -0.4 is 5.32 Å². The Morgan fingerprint density at radius 1 is 1.26 bits per heavy atom. The van der Waals surface area contributed by atoms with Crippen molar-refractivity contribution in [2.75, 3.05) is 18.6 Å². The number of hydrogen-bond acceptors (Lipinski definition) is 2. The Labute approximate surface area is 120 Å². The van der Waals surface area contributed by atoms with Crippen molar-refractivity contribution >= 4 is 22.7 Å². The summed E-state index contributed by atoms with van der Waals surface area (Å²) < 4.78 is 2.36. The normalized spacial score (nSPS) is 11.6. The van der Waals surface area contributed by atoms with Crippen molar-refractivity contribution in [2.45, 2.75) is 26.9 Å². The number of nitrogens with zero attached hydrogens (tertiary/aromatic N) is 1. The smallest absolute Gasteiger partial charge is 0.0483 e. The summed E-state index contributed by atoms with van der Waals surface area (Å²) in [5.41, 5.74) is 2.73. The maximum absolute atomic E-state index is 3.51. The zero-order valence-electron chi connectivity index (χ0n) is 12.1. The van der Waals surface area contributed by atoms with Crippen molar-refractivity contribution in [3.63, 3.8) is 0 Å². The average molecular weight is 276 g/mol. The zero-order valence-corrected chi connectivity index (χ0v) is 13.0. The van der Waals surface area contributed by atoms with E-state index < -0.39 is 0 Å². The molecule has 19 heavy (non-hydrogen) atoms. The Bertz CT molecular complexity index is 516. The molecule has 0 spiro atoms. The SMILES string of the molecule is CSCCn1ccc2ccc(CNCC(C)C)cc21. The van der Waals surface area contributed by atoms with Crippen molar-refractivity contribution in [1.29, 1.82) is 0 Å². The molecule has 1 aromatic carbocycles. The highest BCUT2D eigenvalue weighted by molar-refractivity contribution is 7.98. The van der Waals surface area contributed by atoms with Crippen LogP contribution in [0.2, 0.25) is 0 Å². The first-order chi connectivity index (χ1) is 9.20. The zero-order chi connectivity index (χ0) is 13.7. The van der Waals surface area contributed by atoms with Crippen molar-refractivity contribution in [2.24, 2.45) is 5.92 Å². The second-order valence-electron chi connectivity index (χ2n) is 5.42. The molecule has 0 saturated carbocycles. The van der Waals surface area contributed by atoms with Gasteiger partial charge < -0.3 is 9.88 Å². The van der Waals surface area contributed by atoms with E-state index in [1.807, 2.05) is 11.8 Å². The first-order valence-electron chi connectivity index (χ1n) is 6.98. The molecule has 0 unspecified atom stereocenters. The van der Waals surface area contributed by atoms with E-state index >= 15 is 0 Å². The molecule has 2 rings (SSSR count). The summed E-state index contributed by atoms with van der Waals surface area (Å²) in [7, 11) is 0. The number of benzene rings is 1. The van der Waals surface area contributed by atoms with E-state index in [9.17, 15) is 0 Å². The number of rotatable bonds is 7. The second-order valence-corrected chi connectivity index (χ2v) is 6.41. The minimum absolute atomic E-state index is 0.703. The van der Waals surface area contributed by atoms with Gasteiger partial charge in [-0.3, -0.25) is 0 Å². The van der Waals surface area contributed by atoms with Crippen molar-refractivity contribution in [3.8, 4) is 0 Å². The minimum atomic E-state index is 0.703. The maximum Gasteiger partial charge on any atom is 0.0483 e. The van der Waals surface area contributed by atoms with E-state index in [1.54, 1.807) is 0 Å². The third kappa shape index (κ3) is 4.02. The van der Waals surface area contributed by atoms with E-state index in [2.05, 4.69) is 60.4 Å². The van der Waals surface area contributed by atoms with Gasteiger partial charge in [-0.15, -0.1) is 0 Å². The summed E-state index contributed by atoms with van der Waals surface area (Å²) in [5.74, 6) is 1.87. The lowest BCUT2D eigenvalue weighted by Gasteiger charge is -2.09. The Hall–Kier alpha value is -0.930. The summed E-state index contributed by atoms with van der Waals surface area (Å²) in [6.07, 6.45) is 4.36. The van der Waals surface area contributed by atoms with E-state index in [0.717, 1.165) is 19.6 Å². The van der Waals surface area contributed by atoms with Crippen molar-refractivity contribution in [1.82, 2.24) is 9.88 Å². The molecule has 0 bridgehead atoms. The van der Waals surface area contributed by atoms with Gasteiger partial charge in [0.1, 0.15) is 0 Å². The van der Waals surface area contributed by atoms with Crippen LogP contribution in [0.5, 0.6) is 0 Å². The first-order valence-corrected chi connectivity index (χ1v) is 8.37. The predicted octanol–water partition coefficient (Wildman–Crippen LogP) is 3.75. The molecule has 0 radical (unpaired) electrons. The molecule has 0 fully saturated rings. The van der Waals surface area contributed by atoms with Gasteiger partial charge in [0.15, 0.2) is 0 Å². The quantitative estimate of drug-likeness (QED) is 0.829. The van der Waals surface area contributed by atoms with Gasteiger partial charge in [0.2, 0.25) is 0 Å². The molecule has 0 aliphatic carbocycles. The molecule has 2 aromatic rings. The molecule has 0 aliphatic heterocycles. The van der Waals surface area contributed by atoms with Crippen LogP contribution in [0.25, 0.3) is 10.9 Å². The Morgan fingerprint density at radius 2 is 2.11 bits per heavy atom. The van der Waals surface area contributed by atoms with E-state index in [-0.39, 0.29) is 0 Å². The molecular formula is C16H24N2S. The summed E-state index contributed by atoms with van der Waals surface area (Å²) >= 11 is 1.90. The highest BCUT2D eigenvalue weighted by atomic mass is 32.2. The molecule has 1 aromatic heterocycles. The monoisotopic (exact) mass is 276 g/mol. The molecule has 1 N–H and O–H groups in total. The van der Waals surface area contributed by atoms with Gasteiger partial charge in [-0.05, 0) is 41.8 Å². The lowest BCUT2D eigenvalue weighted by Crippen LogP contribution is -2.18. The van der Waals surface area contributed by atoms with Crippen LogP contribution in [0.3, 0.4) is 0 Å². The number of nitrogens with one attached hydrogen (secondary N) is 1. The number of aromatic nitrogens is 1. The molecule has 3 heteroatoms.